The van der Waals surface area contributed by atoms with Crippen LogP contribution in [0.15, 0.2) is 24.3 Å². The molecule has 6 heteroatoms. The third-order valence-corrected chi connectivity index (χ3v) is 5.54. The molecule has 1 saturated heterocycles. The van der Waals surface area contributed by atoms with E-state index in [4.69, 9.17) is 5.73 Å². The highest BCUT2D eigenvalue weighted by molar-refractivity contribution is 5.94. The zero-order valence-electron chi connectivity index (χ0n) is 14.9. The summed E-state index contributed by atoms with van der Waals surface area (Å²) in [4.78, 5) is 28.9. The van der Waals surface area contributed by atoms with Gasteiger partial charge in [0.05, 0.1) is 5.54 Å². The van der Waals surface area contributed by atoms with Crippen LogP contribution < -0.4 is 5.73 Å². The molecule has 1 aliphatic carbocycles. The second kappa shape index (κ2) is 8.19. The topological polar surface area (TPSA) is 66.6 Å². The van der Waals surface area contributed by atoms with E-state index < -0.39 is 0 Å². The quantitative estimate of drug-likeness (QED) is 0.875. The Labute approximate surface area is 155 Å². The second-order valence-electron chi connectivity index (χ2n) is 7.08. The van der Waals surface area contributed by atoms with Gasteiger partial charge in [-0.3, -0.25) is 9.59 Å². The van der Waals surface area contributed by atoms with Crippen LogP contribution in [0.2, 0.25) is 0 Å². The smallest absolute Gasteiger partial charge is 0.253 e. The van der Waals surface area contributed by atoms with E-state index in [1.165, 1.54) is 6.42 Å². The molecule has 2 fully saturated rings. The van der Waals surface area contributed by atoms with E-state index >= 15 is 0 Å². The van der Waals surface area contributed by atoms with Gasteiger partial charge >= 0.3 is 0 Å². The zero-order chi connectivity index (χ0) is 17.2. The summed E-state index contributed by atoms with van der Waals surface area (Å²) in [5.41, 5.74) is 7.19. The van der Waals surface area contributed by atoms with Gasteiger partial charge in [-0.15, -0.1) is 12.4 Å². The largest absolute Gasteiger partial charge is 0.335 e. The van der Waals surface area contributed by atoms with Crippen molar-refractivity contribution < 1.29 is 9.59 Å². The highest BCUT2D eigenvalue weighted by Crippen LogP contribution is 2.37. The Kier molecular flexibility index (Phi) is 6.47. The molecule has 138 valence electrons. The van der Waals surface area contributed by atoms with Crippen LogP contribution in [0.25, 0.3) is 0 Å². The van der Waals surface area contributed by atoms with Crippen LogP contribution in [-0.4, -0.2) is 46.8 Å². The van der Waals surface area contributed by atoms with Crippen molar-refractivity contribution in [3.05, 3.63) is 35.4 Å². The molecule has 0 atom stereocenters. The third kappa shape index (κ3) is 3.98. The summed E-state index contributed by atoms with van der Waals surface area (Å²) in [6, 6.07) is 7.54. The van der Waals surface area contributed by atoms with Gasteiger partial charge in [0, 0.05) is 38.7 Å². The average Bonchev–Trinajstić information content (AvgIpc) is 2.61. The summed E-state index contributed by atoms with van der Waals surface area (Å²) in [6.45, 7) is 4.04. The minimum absolute atomic E-state index is 0. The van der Waals surface area contributed by atoms with Crippen molar-refractivity contribution in [2.24, 2.45) is 5.73 Å². The molecule has 0 radical (unpaired) electrons. The molecule has 1 aliphatic heterocycles. The first-order valence-corrected chi connectivity index (χ1v) is 8.92. The van der Waals surface area contributed by atoms with Crippen molar-refractivity contribution >= 4 is 24.2 Å². The number of rotatable bonds is 2. The number of amides is 2. The minimum atomic E-state index is -0.158. The average molecular weight is 366 g/mol. The minimum Gasteiger partial charge on any atom is -0.335 e. The summed E-state index contributed by atoms with van der Waals surface area (Å²) < 4.78 is 0. The van der Waals surface area contributed by atoms with Crippen LogP contribution >= 0.6 is 12.4 Å². The summed E-state index contributed by atoms with van der Waals surface area (Å²) >= 11 is 0. The fourth-order valence-corrected chi connectivity index (χ4v) is 4.25. The molecule has 5 nitrogen and oxygen atoms in total. The Morgan fingerprint density at radius 1 is 1.08 bits per heavy atom. The van der Waals surface area contributed by atoms with E-state index in [0.717, 1.165) is 31.2 Å². The Bertz CT molecular complexity index is 612. The van der Waals surface area contributed by atoms with Gasteiger partial charge in [0.2, 0.25) is 5.91 Å². The Hall–Kier alpha value is -1.59. The van der Waals surface area contributed by atoms with E-state index in [9.17, 15) is 9.59 Å². The van der Waals surface area contributed by atoms with Crippen LogP contribution in [0.4, 0.5) is 0 Å². The number of hydrogen-bond acceptors (Lipinski definition) is 3. The lowest BCUT2D eigenvalue weighted by atomic mass is 9.78. The highest BCUT2D eigenvalue weighted by Gasteiger charge is 2.44. The molecule has 1 aromatic rings. The lowest BCUT2D eigenvalue weighted by Crippen LogP contribution is -2.65. The Morgan fingerprint density at radius 2 is 1.72 bits per heavy atom. The van der Waals surface area contributed by atoms with Crippen molar-refractivity contribution in [1.29, 1.82) is 0 Å². The van der Waals surface area contributed by atoms with Gasteiger partial charge in [0.15, 0.2) is 0 Å². The summed E-state index contributed by atoms with van der Waals surface area (Å²) in [6.07, 6.45) is 5.50. The lowest BCUT2D eigenvalue weighted by Gasteiger charge is -2.52. The molecule has 2 amide bonds. The van der Waals surface area contributed by atoms with Crippen LogP contribution in [0.1, 0.15) is 54.9 Å². The number of hydrogen-bond donors (Lipinski definition) is 1. The predicted molar refractivity (Wildman–Crippen MR) is 101 cm³/mol. The molecule has 0 aromatic heterocycles. The van der Waals surface area contributed by atoms with Gasteiger partial charge < -0.3 is 15.5 Å². The van der Waals surface area contributed by atoms with Crippen LogP contribution in [-0.2, 0) is 11.3 Å². The number of benzene rings is 1. The third-order valence-electron chi connectivity index (χ3n) is 5.54. The van der Waals surface area contributed by atoms with Crippen LogP contribution in [0, 0.1) is 0 Å². The standard InChI is InChI=1S/C19H27N3O2.ClH/c1-15(23)22-12-11-21(14-19(22)9-3-2-4-10-19)18(24)17-7-5-16(13-20)6-8-17;/h5-8H,2-4,9-14,20H2,1H3;1H. The normalized spacial score (nSPS) is 19.4. The summed E-state index contributed by atoms with van der Waals surface area (Å²) in [7, 11) is 0. The lowest BCUT2D eigenvalue weighted by molar-refractivity contribution is -0.141. The molecule has 25 heavy (non-hydrogen) atoms. The second-order valence-corrected chi connectivity index (χ2v) is 7.08. The molecule has 0 bridgehead atoms. The highest BCUT2D eigenvalue weighted by atomic mass is 35.5. The van der Waals surface area contributed by atoms with E-state index in [2.05, 4.69) is 0 Å². The Morgan fingerprint density at radius 3 is 2.28 bits per heavy atom. The number of nitrogens with two attached hydrogens (primary N) is 1. The molecule has 1 saturated carbocycles. The first-order valence-electron chi connectivity index (χ1n) is 8.92. The molecular weight excluding hydrogens is 338 g/mol. The van der Waals surface area contributed by atoms with Gasteiger partial charge in [-0.2, -0.15) is 0 Å². The summed E-state index contributed by atoms with van der Waals surface area (Å²) in [5.74, 6) is 0.197. The fourth-order valence-electron chi connectivity index (χ4n) is 4.25. The molecular formula is C19H28ClN3O2. The number of carbonyl (C=O) groups excluding carboxylic acids is 2. The monoisotopic (exact) mass is 365 g/mol. The number of carbonyl (C=O) groups is 2. The van der Waals surface area contributed by atoms with Gasteiger partial charge in [0.1, 0.15) is 0 Å². The van der Waals surface area contributed by atoms with E-state index in [1.54, 1.807) is 6.92 Å². The zero-order valence-corrected chi connectivity index (χ0v) is 15.7. The summed E-state index contributed by atoms with van der Waals surface area (Å²) in [5, 5.41) is 0. The van der Waals surface area contributed by atoms with E-state index in [1.807, 2.05) is 34.1 Å². The molecule has 2 aliphatic rings. The van der Waals surface area contributed by atoms with Crippen molar-refractivity contribution in [2.75, 3.05) is 19.6 Å². The van der Waals surface area contributed by atoms with Crippen molar-refractivity contribution in [2.45, 2.75) is 51.1 Å². The van der Waals surface area contributed by atoms with Crippen LogP contribution in [0.3, 0.4) is 0 Å². The molecule has 1 heterocycles. The number of piperazine rings is 1. The van der Waals surface area contributed by atoms with Gasteiger partial charge in [-0.05, 0) is 30.5 Å². The van der Waals surface area contributed by atoms with Crippen LogP contribution in [0.5, 0.6) is 0 Å². The number of halogens is 1. The molecule has 3 rings (SSSR count). The SMILES string of the molecule is CC(=O)N1CCN(C(=O)c2ccc(CN)cc2)CC12CCCCC2.Cl. The van der Waals surface area contributed by atoms with Crippen molar-refractivity contribution in [1.82, 2.24) is 9.80 Å². The van der Waals surface area contributed by atoms with Gasteiger partial charge in [0.25, 0.3) is 5.91 Å². The molecule has 1 spiro atoms. The predicted octanol–water partition coefficient (Wildman–Crippen LogP) is 2.57. The van der Waals surface area contributed by atoms with Crippen molar-refractivity contribution in [3.8, 4) is 0 Å². The molecule has 1 aromatic carbocycles. The van der Waals surface area contributed by atoms with Gasteiger partial charge in [-0.1, -0.05) is 31.4 Å². The Balaban J connectivity index is 0.00000225. The maximum atomic E-state index is 12.9. The molecule has 0 unspecified atom stereocenters. The van der Waals surface area contributed by atoms with Gasteiger partial charge in [-0.25, -0.2) is 0 Å². The van der Waals surface area contributed by atoms with E-state index in [0.29, 0.717) is 31.7 Å². The maximum Gasteiger partial charge on any atom is 0.253 e. The maximum absolute atomic E-state index is 12.9. The van der Waals surface area contributed by atoms with E-state index in [-0.39, 0.29) is 29.8 Å². The van der Waals surface area contributed by atoms with Crippen molar-refractivity contribution in [3.63, 3.8) is 0 Å². The first kappa shape index (κ1) is 19.7. The first-order chi connectivity index (χ1) is 11.6. The molecule has 2 N–H and O–H groups in total. The number of nitrogens with zero attached hydrogens (tertiary/aromatic N) is 2. The fraction of sp³-hybridized carbons (Fsp3) is 0.579.